The quantitative estimate of drug-likeness (QED) is 0.271. The maximum absolute atomic E-state index is 11.5. The smallest absolute Gasteiger partial charge is 0.310 e. The third kappa shape index (κ3) is 12.5. The van der Waals surface area contributed by atoms with Gasteiger partial charge in [-0.25, -0.2) is 0 Å². The van der Waals surface area contributed by atoms with Crippen LogP contribution in [0.5, 0.6) is 0 Å². The van der Waals surface area contributed by atoms with Crippen molar-refractivity contribution in [1.29, 1.82) is 0 Å². The summed E-state index contributed by atoms with van der Waals surface area (Å²) in [4.78, 5) is 21.9. The summed E-state index contributed by atoms with van der Waals surface area (Å²) >= 11 is 0. The molecule has 2 N–H and O–H groups in total. The van der Waals surface area contributed by atoms with Gasteiger partial charge in [-0.3, -0.25) is 9.59 Å². The SMILES string of the molecule is O=C(O)CCCCCCCCCCCCCCCC(C(=O)O)c1ccccc1. The molecule has 0 saturated carbocycles. The van der Waals surface area contributed by atoms with Gasteiger partial charge in [0.2, 0.25) is 0 Å². The van der Waals surface area contributed by atoms with Gasteiger partial charge in [-0.1, -0.05) is 107 Å². The first-order valence-corrected chi connectivity index (χ1v) is 11.1. The van der Waals surface area contributed by atoms with Gasteiger partial charge in [-0.15, -0.1) is 0 Å². The molecule has 1 atom stereocenters. The molecule has 0 aromatic heterocycles. The van der Waals surface area contributed by atoms with Gasteiger partial charge in [0, 0.05) is 6.42 Å². The average molecular weight is 391 g/mol. The normalized spacial score (nSPS) is 12.0. The number of carboxylic acids is 2. The van der Waals surface area contributed by atoms with Gasteiger partial charge in [0.15, 0.2) is 0 Å². The molecular formula is C24H38O4. The van der Waals surface area contributed by atoms with Crippen molar-refractivity contribution in [3.8, 4) is 0 Å². The van der Waals surface area contributed by atoms with Crippen molar-refractivity contribution in [3.63, 3.8) is 0 Å². The summed E-state index contributed by atoms with van der Waals surface area (Å²) in [5.74, 6) is -1.77. The van der Waals surface area contributed by atoms with Crippen LogP contribution in [0, 0.1) is 0 Å². The lowest BCUT2D eigenvalue weighted by molar-refractivity contribution is -0.139. The molecule has 0 heterocycles. The Morgan fingerprint density at radius 2 is 1.07 bits per heavy atom. The first-order chi connectivity index (χ1) is 13.6. The first-order valence-electron chi connectivity index (χ1n) is 11.1. The molecule has 0 saturated heterocycles. The molecule has 1 unspecified atom stereocenters. The Kier molecular flexibility index (Phi) is 14.0. The van der Waals surface area contributed by atoms with Crippen LogP contribution >= 0.6 is 0 Å². The van der Waals surface area contributed by atoms with Crippen molar-refractivity contribution >= 4 is 11.9 Å². The van der Waals surface area contributed by atoms with Crippen LogP contribution in [-0.2, 0) is 9.59 Å². The van der Waals surface area contributed by atoms with E-state index in [0.717, 1.165) is 44.1 Å². The fraction of sp³-hybridized carbons (Fsp3) is 0.667. The van der Waals surface area contributed by atoms with Crippen LogP contribution in [-0.4, -0.2) is 22.2 Å². The summed E-state index contributed by atoms with van der Waals surface area (Å²) in [5.41, 5.74) is 0.914. The number of aliphatic carboxylic acids is 2. The second kappa shape index (κ2) is 16.1. The Hall–Kier alpha value is -1.84. The zero-order valence-corrected chi connectivity index (χ0v) is 17.3. The van der Waals surface area contributed by atoms with Gasteiger partial charge in [0.1, 0.15) is 0 Å². The Bertz CT molecular complexity index is 527. The highest BCUT2D eigenvalue weighted by Gasteiger charge is 2.18. The Balaban J connectivity index is 1.90. The largest absolute Gasteiger partial charge is 0.481 e. The van der Waals surface area contributed by atoms with E-state index < -0.39 is 11.9 Å². The second-order valence-corrected chi connectivity index (χ2v) is 7.83. The van der Waals surface area contributed by atoms with E-state index >= 15 is 0 Å². The van der Waals surface area contributed by atoms with Crippen LogP contribution in [0.2, 0.25) is 0 Å². The fourth-order valence-corrected chi connectivity index (χ4v) is 3.69. The van der Waals surface area contributed by atoms with E-state index in [1.165, 1.54) is 51.4 Å². The lowest BCUT2D eigenvalue weighted by Gasteiger charge is -2.12. The van der Waals surface area contributed by atoms with Crippen molar-refractivity contribution < 1.29 is 19.8 Å². The molecule has 0 bridgehead atoms. The third-order valence-corrected chi connectivity index (χ3v) is 5.38. The van der Waals surface area contributed by atoms with Gasteiger partial charge >= 0.3 is 11.9 Å². The zero-order valence-electron chi connectivity index (χ0n) is 17.3. The molecule has 0 amide bonds. The van der Waals surface area contributed by atoms with Crippen LogP contribution < -0.4 is 0 Å². The monoisotopic (exact) mass is 390 g/mol. The number of hydrogen-bond acceptors (Lipinski definition) is 2. The van der Waals surface area contributed by atoms with E-state index in [9.17, 15) is 14.7 Å². The number of hydrogen-bond donors (Lipinski definition) is 2. The molecular weight excluding hydrogens is 352 g/mol. The highest BCUT2D eigenvalue weighted by molar-refractivity contribution is 5.75. The van der Waals surface area contributed by atoms with E-state index in [4.69, 9.17) is 5.11 Å². The minimum atomic E-state index is -0.715. The molecule has 0 aliphatic heterocycles. The van der Waals surface area contributed by atoms with Gasteiger partial charge < -0.3 is 10.2 Å². The lowest BCUT2D eigenvalue weighted by atomic mass is 9.93. The highest BCUT2D eigenvalue weighted by atomic mass is 16.4. The topological polar surface area (TPSA) is 74.6 Å². The highest BCUT2D eigenvalue weighted by Crippen LogP contribution is 2.23. The van der Waals surface area contributed by atoms with Crippen molar-refractivity contribution in [3.05, 3.63) is 35.9 Å². The summed E-state index contributed by atoms with van der Waals surface area (Å²) in [6.45, 7) is 0. The summed E-state index contributed by atoms with van der Waals surface area (Å²) < 4.78 is 0. The van der Waals surface area contributed by atoms with Crippen LogP contribution in [0.25, 0.3) is 0 Å². The fourth-order valence-electron chi connectivity index (χ4n) is 3.69. The van der Waals surface area contributed by atoms with Crippen LogP contribution in [0.4, 0.5) is 0 Å². The molecule has 0 aliphatic carbocycles. The van der Waals surface area contributed by atoms with Crippen molar-refractivity contribution in [2.75, 3.05) is 0 Å². The summed E-state index contributed by atoms with van der Waals surface area (Å²) in [7, 11) is 0. The summed E-state index contributed by atoms with van der Waals surface area (Å²) in [6, 6.07) is 9.56. The number of rotatable bonds is 18. The van der Waals surface area contributed by atoms with Crippen molar-refractivity contribution in [1.82, 2.24) is 0 Å². The van der Waals surface area contributed by atoms with Crippen LogP contribution in [0.3, 0.4) is 0 Å². The van der Waals surface area contributed by atoms with Gasteiger partial charge in [-0.05, 0) is 18.4 Å². The zero-order chi connectivity index (χ0) is 20.5. The molecule has 0 spiro atoms. The number of carboxylic acid groups (broad SMARTS) is 2. The third-order valence-electron chi connectivity index (χ3n) is 5.38. The van der Waals surface area contributed by atoms with E-state index in [-0.39, 0.29) is 5.92 Å². The molecule has 4 heteroatoms. The van der Waals surface area contributed by atoms with Crippen molar-refractivity contribution in [2.24, 2.45) is 0 Å². The molecule has 1 aromatic rings. The molecule has 0 radical (unpaired) electrons. The van der Waals surface area contributed by atoms with Crippen LogP contribution in [0.1, 0.15) is 108 Å². The van der Waals surface area contributed by atoms with Gasteiger partial charge in [-0.2, -0.15) is 0 Å². The van der Waals surface area contributed by atoms with E-state index in [1.807, 2.05) is 30.3 Å². The second-order valence-electron chi connectivity index (χ2n) is 7.83. The van der Waals surface area contributed by atoms with E-state index in [0.29, 0.717) is 6.42 Å². The molecule has 28 heavy (non-hydrogen) atoms. The summed E-state index contributed by atoms with van der Waals surface area (Å²) in [6.07, 6.45) is 16.2. The standard InChI is InChI=1S/C24H38O4/c25-23(26)20-16-11-9-7-5-3-1-2-4-6-8-10-15-19-22(24(27)28)21-17-13-12-14-18-21/h12-14,17-18,22H,1-11,15-16,19-20H2,(H,25,26)(H,27,28). The molecule has 0 fully saturated rings. The summed E-state index contributed by atoms with van der Waals surface area (Å²) in [5, 5.41) is 18.0. The van der Waals surface area contributed by atoms with Crippen molar-refractivity contribution in [2.45, 2.75) is 102 Å². The average Bonchev–Trinajstić information content (AvgIpc) is 2.68. The molecule has 158 valence electrons. The van der Waals surface area contributed by atoms with Gasteiger partial charge in [0.25, 0.3) is 0 Å². The first kappa shape index (κ1) is 24.2. The Labute approximate surface area is 170 Å². The Morgan fingerprint density at radius 3 is 1.50 bits per heavy atom. The maximum atomic E-state index is 11.5. The van der Waals surface area contributed by atoms with Gasteiger partial charge in [0.05, 0.1) is 5.92 Å². The minimum Gasteiger partial charge on any atom is -0.481 e. The maximum Gasteiger partial charge on any atom is 0.310 e. The van der Waals surface area contributed by atoms with E-state index in [2.05, 4.69) is 0 Å². The predicted octanol–water partition coefficient (Wildman–Crippen LogP) is 6.79. The molecule has 4 nitrogen and oxygen atoms in total. The van der Waals surface area contributed by atoms with Crippen LogP contribution in [0.15, 0.2) is 30.3 Å². The molecule has 0 aliphatic rings. The molecule has 1 aromatic carbocycles. The minimum absolute atomic E-state index is 0.309. The van der Waals surface area contributed by atoms with E-state index in [1.54, 1.807) is 0 Å². The predicted molar refractivity (Wildman–Crippen MR) is 114 cm³/mol. The Morgan fingerprint density at radius 1 is 0.643 bits per heavy atom. The number of carbonyl (C=O) groups is 2. The molecule has 1 rings (SSSR count). The lowest BCUT2D eigenvalue weighted by Crippen LogP contribution is -2.11. The number of unbranched alkanes of at least 4 members (excludes halogenated alkanes) is 12. The number of benzene rings is 1.